The summed E-state index contributed by atoms with van der Waals surface area (Å²) in [5, 5.41) is 17.5. The van der Waals surface area contributed by atoms with Gasteiger partial charge in [0, 0.05) is 0 Å². The van der Waals surface area contributed by atoms with Crippen LogP contribution < -0.4 is 0 Å². The van der Waals surface area contributed by atoms with Gasteiger partial charge in [0.15, 0.2) is 6.10 Å². The summed E-state index contributed by atoms with van der Waals surface area (Å²) in [6.07, 6.45) is -1.73. The Labute approximate surface area is 58.7 Å². The number of hydrogen-bond donors (Lipinski definition) is 2. The number of methoxy groups -OCH3 is 1. The minimum absolute atomic E-state index is 0.868. The highest BCUT2D eigenvalue weighted by Crippen LogP contribution is 1.95. The molecule has 58 valence electrons. The summed E-state index contributed by atoms with van der Waals surface area (Å²) in [6, 6.07) is 0. The molecule has 0 unspecified atom stereocenters. The first-order valence-electron chi connectivity index (χ1n) is 2.70. The highest BCUT2D eigenvalue weighted by molar-refractivity contribution is 5.75. The zero-order valence-electron chi connectivity index (χ0n) is 5.65. The molecule has 4 nitrogen and oxygen atoms in total. The predicted octanol–water partition coefficient (Wildman–Crippen LogP) is -0.933. The van der Waals surface area contributed by atoms with Crippen LogP contribution in [-0.2, 0) is 9.53 Å². The number of aliphatic hydroxyl groups is 2. The SMILES string of the molecule is C=C[C@@H](O)[C@@H](O)C(=O)OC. The highest BCUT2D eigenvalue weighted by Gasteiger charge is 2.21. The van der Waals surface area contributed by atoms with Crippen molar-refractivity contribution in [3.8, 4) is 0 Å². The van der Waals surface area contributed by atoms with E-state index in [1.807, 2.05) is 0 Å². The fourth-order valence-electron chi connectivity index (χ4n) is 0.389. The largest absolute Gasteiger partial charge is 0.467 e. The maximum atomic E-state index is 10.4. The lowest BCUT2D eigenvalue weighted by Crippen LogP contribution is -2.33. The zero-order chi connectivity index (χ0) is 8.15. The molecule has 0 aromatic carbocycles. The van der Waals surface area contributed by atoms with E-state index in [0.717, 1.165) is 13.2 Å². The van der Waals surface area contributed by atoms with Crippen LogP contribution in [0.2, 0.25) is 0 Å². The molecule has 0 amide bonds. The Hall–Kier alpha value is -0.870. The maximum Gasteiger partial charge on any atom is 0.337 e. The molecule has 0 aliphatic carbocycles. The molecule has 0 aromatic heterocycles. The molecule has 0 aliphatic rings. The Morgan fingerprint density at radius 1 is 1.70 bits per heavy atom. The van der Waals surface area contributed by atoms with Gasteiger partial charge >= 0.3 is 5.97 Å². The second-order valence-corrected chi connectivity index (χ2v) is 1.69. The molecule has 0 aromatic rings. The van der Waals surface area contributed by atoms with Crippen LogP contribution in [0.5, 0.6) is 0 Å². The molecular weight excluding hydrogens is 136 g/mol. The molecule has 2 N–H and O–H groups in total. The summed E-state index contributed by atoms with van der Waals surface area (Å²) >= 11 is 0. The lowest BCUT2D eigenvalue weighted by atomic mass is 10.2. The Bertz CT molecular complexity index is 132. The summed E-state index contributed by atoms with van der Waals surface area (Å²) in [5.41, 5.74) is 0. The minimum Gasteiger partial charge on any atom is -0.467 e. The van der Waals surface area contributed by atoms with Crippen molar-refractivity contribution in [2.24, 2.45) is 0 Å². The van der Waals surface area contributed by atoms with Crippen LogP contribution in [0, 0.1) is 0 Å². The molecule has 0 aliphatic heterocycles. The van der Waals surface area contributed by atoms with E-state index in [9.17, 15) is 4.79 Å². The highest BCUT2D eigenvalue weighted by atomic mass is 16.5. The van der Waals surface area contributed by atoms with Crippen LogP contribution >= 0.6 is 0 Å². The first-order chi connectivity index (χ1) is 4.63. The normalized spacial score (nSPS) is 15.5. The zero-order valence-corrected chi connectivity index (χ0v) is 5.65. The van der Waals surface area contributed by atoms with Crippen molar-refractivity contribution in [2.75, 3.05) is 7.11 Å². The molecule has 0 spiro atoms. The van der Waals surface area contributed by atoms with E-state index < -0.39 is 18.2 Å². The topological polar surface area (TPSA) is 66.8 Å². The average Bonchev–Trinajstić information content (AvgIpc) is 2.00. The summed E-state index contributed by atoms with van der Waals surface area (Å²) in [6.45, 7) is 3.18. The smallest absolute Gasteiger partial charge is 0.337 e. The Kier molecular flexibility index (Phi) is 3.68. The van der Waals surface area contributed by atoms with Gasteiger partial charge in [-0.2, -0.15) is 0 Å². The van der Waals surface area contributed by atoms with E-state index in [2.05, 4.69) is 11.3 Å². The first-order valence-corrected chi connectivity index (χ1v) is 2.70. The van der Waals surface area contributed by atoms with Gasteiger partial charge in [-0.15, -0.1) is 6.58 Å². The number of carbonyl (C=O) groups is 1. The molecule has 2 atom stereocenters. The van der Waals surface area contributed by atoms with Crippen molar-refractivity contribution in [2.45, 2.75) is 12.2 Å². The number of rotatable bonds is 3. The lowest BCUT2D eigenvalue weighted by molar-refractivity contribution is -0.154. The number of carbonyl (C=O) groups excluding carboxylic acids is 1. The summed E-state index contributed by atoms with van der Waals surface area (Å²) < 4.78 is 4.14. The number of hydrogen-bond acceptors (Lipinski definition) is 4. The van der Waals surface area contributed by atoms with Crippen molar-refractivity contribution in [1.82, 2.24) is 0 Å². The quantitative estimate of drug-likeness (QED) is 0.398. The Morgan fingerprint density at radius 3 is 2.50 bits per heavy atom. The van der Waals surface area contributed by atoms with Gasteiger partial charge in [-0.1, -0.05) is 6.08 Å². The summed E-state index contributed by atoms with van der Waals surface area (Å²) in [5.74, 6) is -0.868. The third-order valence-corrected chi connectivity index (χ3v) is 1.01. The second-order valence-electron chi connectivity index (χ2n) is 1.69. The number of aliphatic hydroxyl groups excluding tert-OH is 2. The molecule has 0 heterocycles. The fourth-order valence-corrected chi connectivity index (χ4v) is 0.389. The van der Waals surface area contributed by atoms with Crippen LogP contribution in [0.25, 0.3) is 0 Å². The van der Waals surface area contributed by atoms with Crippen molar-refractivity contribution >= 4 is 5.97 Å². The van der Waals surface area contributed by atoms with Crippen LogP contribution in [-0.4, -0.2) is 35.5 Å². The van der Waals surface area contributed by atoms with Gasteiger partial charge in [-0.25, -0.2) is 4.79 Å². The van der Waals surface area contributed by atoms with E-state index >= 15 is 0 Å². The van der Waals surface area contributed by atoms with Gasteiger partial charge < -0.3 is 14.9 Å². The Morgan fingerprint density at radius 2 is 2.20 bits per heavy atom. The number of ether oxygens (including phenoxy) is 1. The van der Waals surface area contributed by atoms with Gasteiger partial charge in [0.05, 0.1) is 7.11 Å². The van der Waals surface area contributed by atoms with Crippen LogP contribution in [0.1, 0.15) is 0 Å². The maximum absolute atomic E-state index is 10.4. The van der Waals surface area contributed by atoms with Crippen molar-refractivity contribution in [1.29, 1.82) is 0 Å². The van der Waals surface area contributed by atoms with E-state index in [1.165, 1.54) is 0 Å². The Balaban J connectivity index is 3.93. The molecule has 0 saturated carbocycles. The van der Waals surface area contributed by atoms with E-state index in [-0.39, 0.29) is 0 Å². The van der Waals surface area contributed by atoms with Gasteiger partial charge in [0.25, 0.3) is 0 Å². The second kappa shape index (κ2) is 4.03. The summed E-state index contributed by atoms with van der Waals surface area (Å²) in [7, 11) is 1.13. The molecule has 10 heavy (non-hydrogen) atoms. The molecule has 0 bridgehead atoms. The van der Waals surface area contributed by atoms with E-state index in [4.69, 9.17) is 10.2 Å². The van der Waals surface area contributed by atoms with Gasteiger partial charge in [0.1, 0.15) is 6.10 Å². The van der Waals surface area contributed by atoms with Gasteiger partial charge in [-0.05, 0) is 0 Å². The van der Waals surface area contributed by atoms with Crippen molar-refractivity contribution in [3.05, 3.63) is 12.7 Å². The van der Waals surface area contributed by atoms with Crippen molar-refractivity contribution in [3.63, 3.8) is 0 Å². The van der Waals surface area contributed by atoms with Crippen LogP contribution in [0.3, 0.4) is 0 Å². The molecule has 0 radical (unpaired) electrons. The molecule has 0 saturated heterocycles. The van der Waals surface area contributed by atoms with Gasteiger partial charge in [0.2, 0.25) is 0 Å². The van der Waals surface area contributed by atoms with Crippen molar-refractivity contribution < 1.29 is 19.7 Å². The third kappa shape index (κ3) is 2.16. The molecule has 0 rings (SSSR count). The van der Waals surface area contributed by atoms with E-state index in [1.54, 1.807) is 0 Å². The fraction of sp³-hybridized carbons (Fsp3) is 0.500. The monoisotopic (exact) mass is 146 g/mol. The van der Waals surface area contributed by atoms with E-state index in [0.29, 0.717) is 0 Å². The van der Waals surface area contributed by atoms with Crippen LogP contribution in [0.4, 0.5) is 0 Å². The number of esters is 1. The standard InChI is InChI=1S/C6H10O4/c1-3-4(7)5(8)6(9)10-2/h3-5,7-8H,1H2,2H3/t4-,5-/m1/s1. The van der Waals surface area contributed by atoms with Gasteiger partial charge in [-0.3, -0.25) is 0 Å². The molecular formula is C6H10O4. The first kappa shape index (κ1) is 9.13. The molecule has 0 fully saturated rings. The summed E-state index contributed by atoms with van der Waals surface area (Å²) in [4.78, 5) is 10.4. The predicted molar refractivity (Wildman–Crippen MR) is 34.2 cm³/mol. The minimum atomic E-state index is -1.53. The third-order valence-electron chi connectivity index (χ3n) is 1.01. The average molecular weight is 146 g/mol. The lowest BCUT2D eigenvalue weighted by Gasteiger charge is -2.10. The molecule has 4 heteroatoms. The van der Waals surface area contributed by atoms with Crippen LogP contribution in [0.15, 0.2) is 12.7 Å².